The van der Waals surface area contributed by atoms with Crippen molar-refractivity contribution in [3.63, 3.8) is 0 Å². The first-order valence-electron chi connectivity index (χ1n) is 2.53. The van der Waals surface area contributed by atoms with Gasteiger partial charge in [-0.2, -0.15) is 0 Å². The molecule has 1 aromatic heterocycles. The smallest absolute Gasteiger partial charge is 0.302 e. The average Bonchev–Trinajstić information content (AvgIpc) is 1.91. The summed E-state index contributed by atoms with van der Waals surface area (Å²) in [4.78, 5) is 3.79. The minimum atomic E-state index is 0.701. The molecule has 0 amide bonds. The van der Waals surface area contributed by atoms with E-state index in [2.05, 4.69) is 4.98 Å². The van der Waals surface area contributed by atoms with E-state index in [4.69, 9.17) is 12.4 Å². The van der Waals surface area contributed by atoms with Gasteiger partial charge in [0.15, 0.2) is 0 Å². The second-order valence-electron chi connectivity index (χ2n) is 1.44. The maximum Gasteiger partial charge on any atom is 0.302 e. The Morgan fingerprint density at radius 1 is 1.44 bits per heavy atom. The zero-order valence-electron chi connectivity index (χ0n) is 4.82. The Kier molecular flexibility index (Phi) is 2.19. The molecule has 0 unspecified atom stereocenters. The van der Waals surface area contributed by atoms with Gasteiger partial charge in [-0.3, -0.25) is 4.98 Å². The molecule has 1 rings (SSSR count). The second kappa shape index (κ2) is 3.17. The van der Waals surface area contributed by atoms with Crippen molar-refractivity contribution in [3.8, 4) is 5.75 Å². The van der Waals surface area contributed by atoms with Crippen LogP contribution in [0.15, 0.2) is 24.5 Å². The molecule has 4 heteroatoms. The lowest BCUT2D eigenvalue weighted by molar-refractivity contribution is 0.608. The lowest BCUT2D eigenvalue weighted by Crippen LogP contribution is -2.00. The zero-order valence-corrected chi connectivity index (χ0v) is 4.82. The maximum atomic E-state index is 4.99. The highest BCUT2D eigenvalue weighted by atomic mass is 16.4. The van der Waals surface area contributed by atoms with Gasteiger partial charge in [0.2, 0.25) is 0 Å². The Balaban J connectivity index is 2.61. The summed E-state index contributed by atoms with van der Waals surface area (Å²) in [6.07, 6.45) is 3.28. The summed E-state index contributed by atoms with van der Waals surface area (Å²) in [5.74, 6) is 0.701. The molecule has 2 nitrogen and oxygen atoms in total. The van der Waals surface area contributed by atoms with Crippen LogP contribution in [-0.4, -0.2) is 20.1 Å². The first-order chi connectivity index (χ1) is 4.43. The van der Waals surface area contributed by atoms with Crippen molar-refractivity contribution < 1.29 is 4.65 Å². The molecule has 0 bridgehead atoms. The number of pyridine rings is 1. The molecule has 0 saturated heterocycles. The van der Waals surface area contributed by atoms with Crippen molar-refractivity contribution in [1.29, 1.82) is 0 Å². The first kappa shape index (κ1) is 6.20. The molecule has 3 radical (unpaired) electrons. The van der Waals surface area contributed by atoms with Gasteiger partial charge in [-0.15, -0.1) is 0 Å². The number of aromatic nitrogens is 1. The van der Waals surface area contributed by atoms with E-state index < -0.39 is 0 Å². The highest BCUT2D eigenvalue weighted by molar-refractivity contribution is 6.85. The molecular formula is C5H4B2NO. The van der Waals surface area contributed by atoms with E-state index in [0.29, 0.717) is 5.75 Å². The van der Waals surface area contributed by atoms with Crippen molar-refractivity contribution in [3.05, 3.63) is 24.5 Å². The fourth-order valence-electron chi connectivity index (χ4n) is 0.495. The van der Waals surface area contributed by atoms with Gasteiger partial charge in [-0.25, -0.2) is 0 Å². The van der Waals surface area contributed by atoms with E-state index in [1.165, 1.54) is 0 Å². The third-order valence-corrected chi connectivity index (χ3v) is 0.854. The third-order valence-electron chi connectivity index (χ3n) is 0.854. The summed E-state index contributed by atoms with van der Waals surface area (Å²) in [7, 11) is 6.13. The number of hydrogen-bond acceptors (Lipinski definition) is 2. The van der Waals surface area contributed by atoms with Crippen LogP contribution in [0.3, 0.4) is 0 Å². The molecule has 0 aliphatic heterocycles. The van der Waals surface area contributed by atoms with Gasteiger partial charge < -0.3 is 4.65 Å². The lowest BCUT2D eigenvalue weighted by atomic mass is 9.72. The van der Waals surface area contributed by atoms with Crippen LogP contribution in [0.25, 0.3) is 0 Å². The fourth-order valence-corrected chi connectivity index (χ4v) is 0.495. The Bertz CT molecular complexity index is 168. The highest BCUT2D eigenvalue weighted by Gasteiger charge is 1.85. The molecule has 9 heavy (non-hydrogen) atoms. The van der Waals surface area contributed by atoms with E-state index in [1.54, 1.807) is 24.5 Å². The largest absolute Gasteiger partial charge is 0.574 e. The van der Waals surface area contributed by atoms with E-state index in [-0.39, 0.29) is 0 Å². The van der Waals surface area contributed by atoms with E-state index in [9.17, 15) is 0 Å². The van der Waals surface area contributed by atoms with E-state index in [0.717, 1.165) is 7.37 Å². The molecule has 0 aliphatic carbocycles. The van der Waals surface area contributed by atoms with Crippen LogP contribution in [0.4, 0.5) is 0 Å². The van der Waals surface area contributed by atoms with Crippen LogP contribution >= 0.6 is 0 Å². The summed E-state index contributed by atoms with van der Waals surface area (Å²) in [5, 5.41) is 0. The normalized spacial score (nSPS) is 8.44. The summed E-state index contributed by atoms with van der Waals surface area (Å²) >= 11 is 0. The van der Waals surface area contributed by atoms with Crippen molar-refractivity contribution in [2.75, 3.05) is 0 Å². The van der Waals surface area contributed by atoms with Crippen molar-refractivity contribution >= 4 is 15.1 Å². The van der Waals surface area contributed by atoms with E-state index >= 15 is 0 Å². The number of nitrogens with zero attached hydrogens (tertiary/aromatic N) is 1. The maximum absolute atomic E-state index is 4.99. The van der Waals surface area contributed by atoms with Crippen molar-refractivity contribution in [2.45, 2.75) is 0 Å². The molecule has 0 fully saturated rings. The molecule has 0 aliphatic rings. The Morgan fingerprint density at radius 3 is 2.67 bits per heavy atom. The van der Waals surface area contributed by atoms with Crippen molar-refractivity contribution in [1.82, 2.24) is 4.98 Å². The third kappa shape index (κ3) is 1.80. The average molecular weight is 116 g/mol. The topological polar surface area (TPSA) is 22.1 Å². The molecule has 0 aromatic carbocycles. The van der Waals surface area contributed by atoms with Gasteiger partial charge in [0.05, 0.1) is 7.74 Å². The first-order valence-corrected chi connectivity index (χ1v) is 2.53. The van der Waals surface area contributed by atoms with Gasteiger partial charge in [-0.05, 0) is 12.1 Å². The summed E-state index contributed by atoms with van der Waals surface area (Å²) < 4.78 is 4.82. The van der Waals surface area contributed by atoms with Gasteiger partial charge in [0.25, 0.3) is 0 Å². The lowest BCUT2D eigenvalue weighted by Gasteiger charge is -1.99. The van der Waals surface area contributed by atoms with Crippen LogP contribution in [0, 0.1) is 0 Å². The second-order valence-corrected chi connectivity index (χ2v) is 1.44. The van der Waals surface area contributed by atoms with Crippen molar-refractivity contribution in [2.24, 2.45) is 0 Å². The number of rotatable bonds is 2. The van der Waals surface area contributed by atoms with Crippen LogP contribution in [0.5, 0.6) is 5.75 Å². The summed E-state index contributed by atoms with van der Waals surface area (Å²) in [6, 6.07) is 3.45. The zero-order chi connectivity index (χ0) is 6.53. The molecule has 0 N–H and O–H groups in total. The van der Waals surface area contributed by atoms with Crippen LogP contribution in [0.2, 0.25) is 0 Å². The molecule has 0 spiro atoms. The Morgan fingerprint density at radius 2 is 2.11 bits per heavy atom. The van der Waals surface area contributed by atoms with Gasteiger partial charge in [-0.1, -0.05) is 0 Å². The number of hydrogen-bond donors (Lipinski definition) is 0. The van der Waals surface area contributed by atoms with Gasteiger partial charge in [0, 0.05) is 12.4 Å². The quantitative estimate of drug-likeness (QED) is 0.513. The van der Waals surface area contributed by atoms with E-state index in [1.807, 2.05) is 0 Å². The fraction of sp³-hybridized carbons (Fsp3) is 0. The standard InChI is InChI=1S/C5H4B2NO/c6-7-9-5-1-3-8-4-2-5/h1-4H. The predicted molar refractivity (Wildman–Crippen MR) is 36.4 cm³/mol. The minimum Gasteiger partial charge on any atom is -0.574 e. The molecular weight excluding hydrogens is 112 g/mol. The Labute approximate surface area is 55.9 Å². The van der Waals surface area contributed by atoms with Gasteiger partial charge >= 0.3 is 7.37 Å². The monoisotopic (exact) mass is 116 g/mol. The van der Waals surface area contributed by atoms with Gasteiger partial charge in [0.1, 0.15) is 5.75 Å². The molecule has 1 aromatic rings. The molecule has 0 saturated carbocycles. The molecule has 41 valence electrons. The highest BCUT2D eigenvalue weighted by Crippen LogP contribution is 2.04. The molecule has 0 atom stereocenters. The Hall–Kier alpha value is -0.920. The minimum absolute atomic E-state index is 0.701. The SMILES string of the molecule is [B][B]Oc1ccncc1. The van der Waals surface area contributed by atoms with Crippen LogP contribution in [-0.2, 0) is 0 Å². The van der Waals surface area contributed by atoms with Crippen LogP contribution in [0.1, 0.15) is 0 Å². The summed E-state index contributed by atoms with van der Waals surface area (Å²) in [6.45, 7) is 0. The summed E-state index contributed by atoms with van der Waals surface area (Å²) in [5.41, 5.74) is 0. The molecule has 1 heterocycles. The van der Waals surface area contributed by atoms with Crippen LogP contribution < -0.4 is 4.65 Å². The predicted octanol–water partition coefficient (Wildman–Crippen LogP) is 0.163.